The minimum Gasteiger partial charge on any atom is -0.381 e. The predicted octanol–water partition coefficient (Wildman–Crippen LogP) is 3.57. The molecule has 5 atom stereocenters. The van der Waals surface area contributed by atoms with Crippen molar-refractivity contribution in [1.29, 1.82) is 0 Å². The molecule has 2 aromatic rings. The molecule has 274 valence electrons. The van der Waals surface area contributed by atoms with Gasteiger partial charge in [-0.15, -0.1) is 11.8 Å². The zero-order chi connectivity index (χ0) is 37.4. The Bertz CT molecular complexity index is 1480. The number of nitrogens with zero attached hydrogens (tertiary/aromatic N) is 1. The van der Waals surface area contributed by atoms with E-state index in [0.717, 1.165) is 5.56 Å². The van der Waals surface area contributed by atoms with E-state index >= 15 is 0 Å². The first kappa shape index (κ1) is 40.5. The van der Waals surface area contributed by atoms with Crippen molar-refractivity contribution < 1.29 is 29.1 Å². The molecule has 0 saturated carbocycles. The lowest BCUT2D eigenvalue weighted by molar-refractivity contribution is -0.148. The minimum absolute atomic E-state index is 0.107. The van der Waals surface area contributed by atoms with Crippen LogP contribution in [0.25, 0.3) is 0 Å². The maximum absolute atomic E-state index is 14.2. The Hall–Kier alpha value is -3.90. The largest absolute Gasteiger partial charge is 0.381 e. The molecule has 1 heterocycles. The highest BCUT2D eigenvalue weighted by atomic mass is 32.2. The second-order valence-electron chi connectivity index (χ2n) is 15.3. The average molecular weight is 710 g/mol. The van der Waals surface area contributed by atoms with Crippen LogP contribution in [-0.2, 0) is 30.4 Å². The van der Waals surface area contributed by atoms with Gasteiger partial charge in [0.2, 0.25) is 23.6 Å². The number of aliphatic hydroxyl groups excluding tert-OH is 1. The second kappa shape index (κ2) is 17.4. The van der Waals surface area contributed by atoms with Crippen LogP contribution in [-0.4, -0.2) is 80.9 Å². The van der Waals surface area contributed by atoms with E-state index in [4.69, 9.17) is 0 Å². The molecule has 3 rings (SSSR count). The highest BCUT2D eigenvalue weighted by Gasteiger charge is 2.50. The number of carbonyl (C=O) groups excluding carboxylic acids is 5. The fraction of sp³-hybridized carbons (Fsp3) is 0.553. The van der Waals surface area contributed by atoms with E-state index < -0.39 is 58.2 Å². The summed E-state index contributed by atoms with van der Waals surface area (Å²) in [5, 5.41) is 23.2. The minimum atomic E-state index is -1.70. The van der Waals surface area contributed by atoms with E-state index in [1.807, 2.05) is 58.0 Å². The van der Waals surface area contributed by atoms with E-state index in [1.165, 1.54) is 16.7 Å². The van der Waals surface area contributed by atoms with E-state index in [9.17, 15) is 29.1 Å². The average Bonchev–Trinajstić information content (AvgIpc) is 3.38. The Morgan fingerprint density at radius 2 is 1.44 bits per heavy atom. The van der Waals surface area contributed by atoms with Crippen LogP contribution < -0.4 is 21.3 Å². The van der Waals surface area contributed by atoms with Gasteiger partial charge in [0.25, 0.3) is 5.91 Å². The van der Waals surface area contributed by atoms with Gasteiger partial charge in [0.05, 0.1) is 11.9 Å². The molecule has 11 nitrogen and oxygen atoms in total. The number of nitrogens with one attached hydrogen (secondary N) is 4. The molecule has 1 aliphatic rings. The first-order valence-corrected chi connectivity index (χ1v) is 18.2. The first-order chi connectivity index (χ1) is 23.3. The molecule has 1 aliphatic heterocycles. The van der Waals surface area contributed by atoms with Gasteiger partial charge >= 0.3 is 0 Å². The van der Waals surface area contributed by atoms with E-state index in [1.54, 1.807) is 65.0 Å². The van der Waals surface area contributed by atoms with Crippen LogP contribution in [0.3, 0.4) is 0 Å². The zero-order valence-corrected chi connectivity index (χ0v) is 31.6. The second-order valence-corrected chi connectivity index (χ2v) is 16.9. The Labute approximate surface area is 301 Å². The van der Waals surface area contributed by atoms with Gasteiger partial charge in [0, 0.05) is 17.2 Å². The van der Waals surface area contributed by atoms with Gasteiger partial charge in [-0.3, -0.25) is 24.0 Å². The van der Waals surface area contributed by atoms with Crippen molar-refractivity contribution in [3.63, 3.8) is 0 Å². The third-order valence-electron chi connectivity index (χ3n) is 8.64. The number of carbonyl (C=O) groups is 5. The van der Waals surface area contributed by atoms with Crippen LogP contribution in [0, 0.1) is 17.3 Å². The summed E-state index contributed by atoms with van der Waals surface area (Å²) in [5.74, 6) is -2.47. The summed E-state index contributed by atoms with van der Waals surface area (Å²) in [6, 6.07) is 13.8. The molecule has 2 aromatic carbocycles. The Kier molecular flexibility index (Phi) is 14.1. The highest BCUT2D eigenvalue weighted by molar-refractivity contribution is 8.00. The highest BCUT2D eigenvalue weighted by Crippen LogP contribution is 2.40. The maximum Gasteiger partial charge on any atom is 0.254 e. The number of thioether (sulfide) groups is 1. The SMILES string of the molecule is CC(C)CNC(=O)[C@H]1N(C(=O)[C@@H](O)[C@H](Cc2ccccc2)NC(=O)[C@@H](NC(=O)[C@@H](NC(=O)C(C)C)c2ccccc2)C(C)(C)C)CSC1(C)C. The molecule has 0 bridgehead atoms. The summed E-state index contributed by atoms with van der Waals surface area (Å²) in [6.07, 6.45) is -1.59. The van der Waals surface area contributed by atoms with Crippen molar-refractivity contribution >= 4 is 41.3 Å². The summed E-state index contributed by atoms with van der Waals surface area (Å²) < 4.78 is -0.615. The fourth-order valence-corrected chi connectivity index (χ4v) is 6.83. The standard InChI is InChI=1S/C38H55N5O6S/c1-23(2)21-39-35(48)31-38(8,9)50-22-43(31)36(49)29(44)27(20-25-16-12-10-13-17-25)40-34(47)30(37(5,6)7)42-33(46)28(41-32(45)24(3)4)26-18-14-11-15-19-26/h10-19,23-24,27-31,44H,20-22H2,1-9H3,(H,39,48)(H,40,47)(H,41,45)(H,42,46)/t27-,28-,29-,30+,31+/m0/s1. The van der Waals surface area contributed by atoms with Crippen molar-refractivity contribution in [2.45, 2.75) is 104 Å². The van der Waals surface area contributed by atoms with E-state index in [0.29, 0.717) is 12.1 Å². The van der Waals surface area contributed by atoms with Crippen LogP contribution in [0.15, 0.2) is 60.7 Å². The lowest BCUT2D eigenvalue weighted by atomic mass is 9.85. The number of aliphatic hydroxyl groups is 1. The van der Waals surface area contributed by atoms with Crippen LogP contribution in [0.4, 0.5) is 0 Å². The normalized spacial score (nSPS) is 18.2. The molecule has 0 radical (unpaired) electrons. The maximum atomic E-state index is 14.2. The van der Waals surface area contributed by atoms with Crippen LogP contribution in [0.5, 0.6) is 0 Å². The van der Waals surface area contributed by atoms with Crippen molar-refractivity contribution in [3.8, 4) is 0 Å². The van der Waals surface area contributed by atoms with Crippen molar-refractivity contribution in [1.82, 2.24) is 26.2 Å². The smallest absolute Gasteiger partial charge is 0.254 e. The number of hydrogen-bond donors (Lipinski definition) is 5. The number of benzene rings is 2. The summed E-state index contributed by atoms with van der Waals surface area (Å²) in [5.41, 5.74) is 0.502. The molecular weight excluding hydrogens is 655 g/mol. The summed E-state index contributed by atoms with van der Waals surface area (Å²) in [7, 11) is 0. The first-order valence-electron chi connectivity index (χ1n) is 17.2. The van der Waals surface area contributed by atoms with E-state index in [-0.39, 0.29) is 35.9 Å². The van der Waals surface area contributed by atoms with Gasteiger partial charge in [-0.25, -0.2) is 0 Å². The van der Waals surface area contributed by atoms with Gasteiger partial charge in [-0.1, -0.05) is 109 Å². The Balaban J connectivity index is 1.92. The van der Waals surface area contributed by atoms with Gasteiger partial charge in [0.15, 0.2) is 6.10 Å². The molecule has 5 N–H and O–H groups in total. The van der Waals surface area contributed by atoms with Crippen molar-refractivity contribution in [2.24, 2.45) is 17.3 Å². The number of amides is 5. The Morgan fingerprint density at radius 3 is 1.98 bits per heavy atom. The third-order valence-corrected chi connectivity index (χ3v) is 10.0. The lowest BCUT2D eigenvalue weighted by Gasteiger charge is -2.35. The molecule has 12 heteroatoms. The molecule has 0 aromatic heterocycles. The summed E-state index contributed by atoms with van der Waals surface area (Å²) >= 11 is 1.44. The van der Waals surface area contributed by atoms with Crippen molar-refractivity contribution in [3.05, 3.63) is 71.8 Å². The monoisotopic (exact) mass is 709 g/mol. The van der Waals surface area contributed by atoms with Crippen LogP contribution >= 0.6 is 11.8 Å². The topological polar surface area (TPSA) is 157 Å². The fourth-order valence-electron chi connectivity index (χ4n) is 5.69. The zero-order valence-electron chi connectivity index (χ0n) is 30.8. The quantitative estimate of drug-likeness (QED) is 0.201. The number of hydrogen-bond acceptors (Lipinski definition) is 7. The lowest BCUT2D eigenvalue weighted by Crippen LogP contribution is -2.62. The summed E-state index contributed by atoms with van der Waals surface area (Å²) in [4.78, 5) is 69.6. The van der Waals surface area contributed by atoms with Crippen LogP contribution in [0.1, 0.15) is 79.5 Å². The van der Waals surface area contributed by atoms with Gasteiger partial charge in [-0.2, -0.15) is 0 Å². The number of rotatable bonds is 14. The molecule has 1 fully saturated rings. The van der Waals surface area contributed by atoms with Gasteiger partial charge in [-0.05, 0) is 42.7 Å². The molecule has 0 unspecified atom stereocenters. The van der Waals surface area contributed by atoms with Gasteiger partial charge in [0.1, 0.15) is 18.1 Å². The third kappa shape index (κ3) is 10.8. The molecular formula is C38H55N5O6S. The van der Waals surface area contributed by atoms with E-state index in [2.05, 4.69) is 21.3 Å². The summed E-state index contributed by atoms with van der Waals surface area (Å²) in [6.45, 7) is 17.0. The Morgan fingerprint density at radius 1 is 0.860 bits per heavy atom. The molecule has 50 heavy (non-hydrogen) atoms. The molecule has 0 aliphatic carbocycles. The van der Waals surface area contributed by atoms with Crippen molar-refractivity contribution in [2.75, 3.05) is 12.4 Å². The molecule has 5 amide bonds. The van der Waals surface area contributed by atoms with Crippen LogP contribution in [0.2, 0.25) is 0 Å². The molecule has 1 saturated heterocycles. The predicted molar refractivity (Wildman–Crippen MR) is 197 cm³/mol. The molecule has 0 spiro atoms. The van der Waals surface area contributed by atoms with Gasteiger partial charge < -0.3 is 31.3 Å².